The van der Waals surface area contributed by atoms with Gasteiger partial charge < -0.3 is 19.1 Å². The Kier molecular flexibility index (Phi) is 4.74. The van der Waals surface area contributed by atoms with Crippen LogP contribution in [0.25, 0.3) is 5.82 Å². The molecule has 2 aromatic heterocycles. The molecule has 1 aromatic carbocycles. The second-order valence-electron chi connectivity index (χ2n) is 5.14. The lowest BCUT2D eigenvalue weighted by Gasteiger charge is -2.19. The van der Waals surface area contributed by atoms with Crippen LogP contribution in [0.4, 0.5) is 0 Å². The van der Waals surface area contributed by atoms with Crippen LogP contribution < -0.4 is 9.47 Å². The first kappa shape index (κ1) is 16.4. The predicted octanol–water partition coefficient (Wildman–Crippen LogP) is 3.62. The number of pyridine rings is 1. The lowest BCUT2D eigenvalue weighted by Crippen LogP contribution is -2.09. The van der Waals surface area contributed by atoms with Crippen molar-refractivity contribution in [2.45, 2.75) is 6.10 Å². The predicted molar refractivity (Wildman–Crippen MR) is 92.2 cm³/mol. The zero-order chi connectivity index (χ0) is 17.1. The van der Waals surface area contributed by atoms with E-state index in [2.05, 4.69) is 4.98 Å². The zero-order valence-electron chi connectivity index (χ0n) is 13.3. The molecule has 0 amide bonds. The van der Waals surface area contributed by atoms with Crippen LogP contribution in [0.15, 0.2) is 55.0 Å². The Morgan fingerprint density at radius 1 is 1.08 bits per heavy atom. The third kappa shape index (κ3) is 2.96. The fourth-order valence-electron chi connectivity index (χ4n) is 2.64. The fourth-order valence-corrected chi connectivity index (χ4v) is 2.80. The molecule has 2 heterocycles. The molecule has 24 heavy (non-hydrogen) atoms. The van der Waals surface area contributed by atoms with E-state index in [4.69, 9.17) is 21.1 Å². The first-order valence-corrected chi connectivity index (χ1v) is 7.71. The van der Waals surface area contributed by atoms with E-state index >= 15 is 0 Å². The number of aliphatic hydroxyl groups is 1. The first-order valence-electron chi connectivity index (χ1n) is 7.33. The number of hydrogen-bond acceptors (Lipinski definition) is 4. The van der Waals surface area contributed by atoms with Crippen molar-refractivity contribution in [2.75, 3.05) is 14.2 Å². The summed E-state index contributed by atoms with van der Waals surface area (Å²) in [6.07, 6.45) is 4.29. The third-order valence-electron chi connectivity index (χ3n) is 3.73. The van der Waals surface area contributed by atoms with Gasteiger partial charge in [-0.3, -0.25) is 0 Å². The molecule has 0 radical (unpaired) electrons. The van der Waals surface area contributed by atoms with Crippen LogP contribution in [0.3, 0.4) is 0 Å². The van der Waals surface area contributed by atoms with Crippen LogP contribution in [0.1, 0.15) is 17.2 Å². The molecule has 0 bridgehead atoms. The van der Waals surface area contributed by atoms with Gasteiger partial charge in [0.2, 0.25) is 0 Å². The van der Waals surface area contributed by atoms with Crippen molar-refractivity contribution >= 4 is 11.6 Å². The van der Waals surface area contributed by atoms with E-state index in [1.54, 1.807) is 37.6 Å². The van der Waals surface area contributed by atoms with Crippen LogP contribution >= 0.6 is 11.6 Å². The second-order valence-corrected chi connectivity index (χ2v) is 5.58. The lowest BCUT2D eigenvalue weighted by molar-refractivity contribution is 0.212. The van der Waals surface area contributed by atoms with Crippen molar-refractivity contribution in [2.24, 2.45) is 0 Å². The number of para-hydroxylation sites is 1. The summed E-state index contributed by atoms with van der Waals surface area (Å²) in [7, 11) is 3.09. The van der Waals surface area contributed by atoms with Crippen molar-refractivity contribution in [1.82, 2.24) is 9.55 Å². The highest BCUT2D eigenvalue weighted by Gasteiger charge is 2.22. The number of halogens is 1. The molecule has 0 aliphatic heterocycles. The van der Waals surface area contributed by atoms with E-state index in [9.17, 15) is 5.11 Å². The Morgan fingerprint density at radius 2 is 1.83 bits per heavy atom. The zero-order valence-corrected chi connectivity index (χ0v) is 14.1. The highest BCUT2D eigenvalue weighted by molar-refractivity contribution is 6.30. The molecule has 124 valence electrons. The molecule has 0 aliphatic rings. The number of aliphatic hydroxyl groups excluding tert-OH is 1. The maximum absolute atomic E-state index is 11.0. The molecule has 3 aromatic rings. The minimum atomic E-state index is -0.973. The number of aromatic nitrogens is 2. The minimum Gasteiger partial charge on any atom is -0.493 e. The van der Waals surface area contributed by atoms with E-state index in [1.807, 2.05) is 29.1 Å². The van der Waals surface area contributed by atoms with Gasteiger partial charge in [-0.15, -0.1) is 0 Å². The minimum absolute atomic E-state index is 0.446. The van der Waals surface area contributed by atoms with Crippen molar-refractivity contribution in [3.05, 3.63) is 71.1 Å². The fraction of sp³-hybridized carbons (Fsp3) is 0.167. The van der Waals surface area contributed by atoms with Gasteiger partial charge in [0.15, 0.2) is 11.5 Å². The van der Waals surface area contributed by atoms with E-state index in [1.165, 1.54) is 7.11 Å². The molecule has 0 fully saturated rings. The summed E-state index contributed by atoms with van der Waals surface area (Å²) in [5.41, 5.74) is 1.15. The Labute approximate surface area is 145 Å². The summed E-state index contributed by atoms with van der Waals surface area (Å²) in [5, 5.41) is 11.4. The van der Waals surface area contributed by atoms with Crippen LogP contribution in [-0.4, -0.2) is 28.9 Å². The summed E-state index contributed by atoms with van der Waals surface area (Å²) in [5.74, 6) is 1.62. The molecule has 6 heteroatoms. The molecule has 3 rings (SSSR count). The van der Waals surface area contributed by atoms with Gasteiger partial charge in [-0.2, -0.15) is 0 Å². The molecule has 1 unspecified atom stereocenters. The molecule has 5 nitrogen and oxygen atoms in total. The standard InChI is InChI=1S/C18H17ClN2O3/c1-23-15-7-5-6-13(17(15)24-2)16(22)14-10-12(19)11-20-18(14)21-8-3-4-9-21/h3-11,16,22H,1-2H3. The van der Waals surface area contributed by atoms with E-state index in [0.717, 1.165) is 0 Å². The van der Waals surface area contributed by atoms with E-state index in [0.29, 0.717) is 33.5 Å². The normalized spacial score (nSPS) is 12.0. The molecule has 1 atom stereocenters. The van der Waals surface area contributed by atoms with Crippen LogP contribution in [0.5, 0.6) is 11.5 Å². The van der Waals surface area contributed by atoms with Gasteiger partial charge in [0.05, 0.1) is 19.2 Å². The van der Waals surface area contributed by atoms with Crippen LogP contribution in [-0.2, 0) is 0 Å². The molecule has 0 saturated carbocycles. The van der Waals surface area contributed by atoms with Crippen molar-refractivity contribution in [3.8, 4) is 17.3 Å². The van der Waals surface area contributed by atoms with Crippen molar-refractivity contribution < 1.29 is 14.6 Å². The van der Waals surface area contributed by atoms with Crippen LogP contribution in [0.2, 0.25) is 5.02 Å². The largest absolute Gasteiger partial charge is 0.493 e. The maximum Gasteiger partial charge on any atom is 0.166 e. The molecular formula is C18H17ClN2O3. The van der Waals surface area contributed by atoms with Crippen molar-refractivity contribution in [3.63, 3.8) is 0 Å². The van der Waals surface area contributed by atoms with Gasteiger partial charge in [0.25, 0.3) is 0 Å². The molecule has 0 aliphatic carbocycles. The number of benzene rings is 1. The van der Waals surface area contributed by atoms with Gasteiger partial charge in [-0.1, -0.05) is 23.7 Å². The lowest BCUT2D eigenvalue weighted by atomic mass is 10.0. The third-order valence-corrected chi connectivity index (χ3v) is 3.94. The monoisotopic (exact) mass is 344 g/mol. The number of rotatable bonds is 5. The number of methoxy groups -OCH3 is 2. The number of nitrogens with zero attached hydrogens (tertiary/aromatic N) is 2. The highest BCUT2D eigenvalue weighted by atomic mass is 35.5. The Morgan fingerprint density at radius 3 is 2.50 bits per heavy atom. The van der Waals surface area contributed by atoms with Gasteiger partial charge in [0, 0.05) is 29.7 Å². The summed E-state index contributed by atoms with van der Waals surface area (Å²) >= 11 is 6.10. The summed E-state index contributed by atoms with van der Waals surface area (Å²) in [4.78, 5) is 4.36. The molecular weight excluding hydrogens is 328 g/mol. The van der Waals surface area contributed by atoms with Gasteiger partial charge in [-0.05, 0) is 24.3 Å². The first-order chi connectivity index (χ1) is 11.7. The topological polar surface area (TPSA) is 56.5 Å². The van der Waals surface area contributed by atoms with Crippen molar-refractivity contribution in [1.29, 1.82) is 0 Å². The summed E-state index contributed by atoms with van der Waals surface area (Å²) in [6, 6.07) is 10.8. The van der Waals surface area contributed by atoms with E-state index < -0.39 is 6.10 Å². The smallest absolute Gasteiger partial charge is 0.166 e. The van der Waals surface area contributed by atoms with Gasteiger partial charge in [-0.25, -0.2) is 4.98 Å². The SMILES string of the molecule is COc1cccc(C(O)c2cc(Cl)cnc2-n2cccc2)c1OC. The van der Waals surface area contributed by atoms with Crippen LogP contribution in [0, 0.1) is 0 Å². The highest BCUT2D eigenvalue weighted by Crippen LogP contribution is 2.38. The average molecular weight is 345 g/mol. The number of ether oxygens (including phenoxy) is 2. The Bertz CT molecular complexity index is 834. The van der Waals surface area contributed by atoms with Gasteiger partial charge >= 0.3 is 0 Å². The average Bonchev–Trinajstić information content (AvgIpc) is 3.14. The van der Waals surface area contributed by atoms with Gasteiger partial charge in [0.1, 0.15) is 11.9 Å². The Hall–Kier alpha value is -2.50. The Balaban J connectivity index is 2.15. The quantitative estimate of drug-likeness (QED) is 0.768. The summed E-state index contributed by atoms with van der Waals surface area (Å²) in [6.45, 7) is 0. The molecule has 0 saturated heterocycles. The second kappa shape index (κ2) is 6.95. The molecule has 1 N–H and O–H groups in total. The maximum atomic E-state index is 11.0. The number of hydrogen-bond donors (Lipinski definition) is 1. The van der Waals surface area contributed by atoms with E-state index in [-0.39, 0.29) is 0 Å². The molecule has 0 spiro atoms. The summed E-state index contributed by atoms with van der Waals surface area (Å²) < 4.78 is 12.6.